The molecule has 0 aliphatic carbocycles. The molecule has 1 aromatic heterocycles. The summed E-state index contributed by atoms with van der Waals surface area (Å²) in [5, 5.41) is 4.94. The average molecular weight is 298 g/mol. The Bertz CT molecular complexity index is 679. The van der Waals surface area contributed by atoms with Crippen molar-refractivity contribution in [3.63, 3.8) is 0 Å². The van der Waals surface area contributed by atoms with Crippen LogP contribution in [-0.2, 0) is 13.0 Å². The molecule has 0 fully saturated rings. The second-order valence-electron chi connectivity index (χ2n) is 4.46. The number of nitrogens with two attached hydrogens (primary N) is 1. The Kier molecular flexibility index (Phi) is 5.56. The molecule has 0 aliphatic heterocycles. The zero-order chi connectivity index (χ0) is 15.1. The molecule has 108 valence electrons. The maximum atomic E-state index is 12.3. The van der Waals surface area contributed by atoms with Crippen LogP contribution in [0.15, 0.2) is 35.7 Å². The van der Waals surface area contributed by atoms with E-state index in [0.29, 0.717) is 13.1 Å². The summed E-state index contributed by atoms with van der Waals surface area (Å²) in [6.07, 6.45) is 0.843. The van der Waals surface area contributed by atoms with Crippen LogP contribution in [0.2, 0.25) is 0 Å². The first-order chi connectivity index (χ1) is 10.3. The van der Waals surface area contributed by atoms with E-state index in [-0.39, 0.29) is 5.91 Å². The topological polar surface area (TPSA) is 55.1 Å². The summed E-state index contributed by atoms with van der Waals surface area (Å²) in [6.45, 7) is 2.88. The van der Waals surface area contributed by atoms with Gasteiger partial charge < -0.3 is 11.1 Å². The zero-order valence-corrected chi connectivity index (χ0v) is 12.8. The molecule has 0 radical (unpaired) electrons. The monoisotopic (exact) mass is 298 g/mol. The van der Waals surface area contributed by atoms with Crippen molar-refractivity contribution in [2.45, 2.75) is 19.9 Å². The van der Waals surface area contributed by atoms with Crippen molar-refractivity contribution >= 4 is 17.2 Å². The third kappa shape index (κ3) is 3.94. The van der Waals surface area contributed by atoms with Crippen molar-refractivity contribution in [2.75, 3.05) is 6.54 Å². The molecule has 3 nitrogen and oxygen atoms in total. The van der Waals surface area contributed by atoms with E-state index in [1.165, 1.54) is 0 Å². The van der Waals surface area contributed by atoms with Crippen LogP contribution in [0.3, 0.4) is 0 Å². The number of nitrogens with one attached hydrogen (secondary N) is 1. The van der Waals surface area contributed by atoms with Crippen LogP contribution in [0.1, 0.15) is 33.3 Å². The minimum atomic E-state index is -0.0430. The minimum Gasteiger partial charge on any atom is -0.347 e. The van der Waals surface area contributed by atoms with Gasteiger partial charge in [-0.05, 0) is 29.5 Å². The highest BCUT2D eigenvalue weighted by molar-refractivity contribution is 7.10. The lowest BCUT2D eigenvalue weighted by Crippen LogP contribution is -2.23. The van der Waals surface area contributed by atoms with Crippen molar-refractivity contribution < 1.29 is 4.79 Å². The fourth-order valence-electron chi connectivity index (χ4n) is 2.04. The fourth-order valence-corrected chi connectivity index (χ4v) is 2.81. The van der Waals surface area contributed by atoms with Gasteiger partial charge in [-0.15, -0.1) is 11.3 Å². The molecule has 0 saturated carbocycles. The highest BCUT2D eigenvalue weighted by atomic mass is 32.1. The summed E-state index contributed by atoms with van der Waals surface area (Å²) >= 11 is 1.59. The average Bonchev–Trinajstić information content (AvgIpc) is 2.97. The molecule has 0 atom stereocenters. The van der Waals surface area contributed by atoms with Crippen LogP contribution in [0.5, 0.6) is 0 Å². The van der Waals surface area contributed by atoms with Gasteiger partial charge in [0, 0.05) is 16.0 Å². The Labute approximate surface area is 129 Å². The Morgan fingerprint density at radius 3 is 2.90 bits per heavy atom. The predicted molar refractivity (Wildman–Crippen MR) is 87.2 cm³/mol. The molecular weight excluding hydrogens is 280 g/mol. The van der Waals surface area contributed by atoms with E-state index in [1.54, 1.807) is 11.3 Å². The molecule has 2 rings (SSSR count). The lowest BCUT2D eigenvalue weighted by molar-refractivity contribution is 0.0950. The summed E-state index contributed by atoms with van der Waals surface area (Å²) in [5.41, 5.74) is 8.13. The molecule has 0 spiro atoms. The zero-order valence-electron chi connectivity index (χ0n) is 12.0. The Hall–Kier alpha value is -2.09. The number of amides is 1. The molecule has 0 saturated heterocycles. The quantitative estimate of drug-likeness (QED) is 0.852. The van der Waals surface area contributed by atoms with E-state index in [9.17, 15) is 4.79 Å². The Morgan fingerprint density at radius 2 is 2.14 bits per heavy atom. The Morgan fingerprint density at radius 1 is 1.33 bits per heavy atom. The lowest BCUT2D eigenvalue weighted by atomic mass is 10.0. The summed E-state index contributed by atoms with van der Waals surface area (Å²) in [6, 6.07) is 9.64. The number of rotatable bonds is 4. The summed E-state index contributed by atoms with van der Waals surface area (Å²) in [7, 11) is 0. The molecule has 21 heavy (non-hydrogen) atoms. The third-order valence-corrected chi connectivity index (χ3v) is 4.04. The molecule has 1 aromatic carbocycles. The van der Waals surface area contributed by atoms with Gasteiger partial charge in [0.15, 0.2) is 0 Å². The molecule has 0 unspecified atom stereocenters. The van der Waals surface area contributed by atoms with Crippen LogP contribution in [0.4, 0.5) is 0 Å². The molecular formula is C17H18N2OS. The number of carbonyl (C=O) groups excluding carboxylic acids is 1. The number of benzene rings is 1. The Balaban J connectivity index is 2.06. The number of aryl methyl sites for hydroxylation is 1. The van der Waals surface area contributed by atoms with E-state index in [4.69, 9.17) is 5.73 Å². The molecule has 1 heterocycles. The summed E-state index contributed by atoms with van der Waals surface area (Å²) in [5.74, 6) is 5.82. The van der Waals surface area contributed by atoms with Crippen LogP contribution >= 0.6 is 11.3 Å². The summed E-state index contributed by atoms with van der Waals surface area (Å²) < 4.78 is 0. The normalized spacial score (nSPS) is 9.81. The third-order valence-electron chi connectivity index (χ3n) is 3.12. The highest BCUT2D eigenvalue weighted by Crippen LogP contribution is 2.16. The van der Waals surface area contributed by atoms with Gasteiger partial charge in [0.1, 0.15) is 0 Å². The van der Waals surface area contributed by atoms with E-state index in [2.05, 4.69) is 17.2 Å². The van der Waals surface area contributed by atoms with Crippen molar-refractivity contribution in [2.24, 2.45) is 5.73 Å². The molecule has 1 amide bonds. The largest absolute Gasteiger partial charge is 0.347 e. The number of carbonyl (C=O) groups is 1. The van der Waals surface area contributed by atoms with Gasteiger partial charge in [0.2, 0.25) is 0 Å². The molecule has 3 N–H and O–H groups in total. The first kappa shape index (κ1) is 15.3. The minimum absolute atomic E-state index is 0.0430. The maximum absolute atomic E-state index is 12.3. The second kappa shape index (κ2) is 7.63. The van der Waals surface area contributed by atoms with Crippen LogP contribution in [-0.4, -0.2) is 12.5 Å². The molecule has 0 bridgehead atoms. The smallest absolute Gasteiger partial charge is 0.251 e. The molecule has 2 aromatic rings. The number of hydrogen-bond donors (Lipinski definition) is 2. The van der Waals surface area contributed by atoms with Gasteiger partial charge >= 0.3 is 0 Å². The van der Waals surface area contributed by atoms with Crippen molar-refractivity contribution in [3.05, 3.63) is 57.3 Å². The van der Waals surface area contributed by atoms with E-state index < -0.39 is 0 Å². The SMILES string of the molecule is CCc1ccccc1C(=O)NCc1sccc1C#CCN. The van der Waals surface area contributed by atoms with Gasteiger partial charge in [-0.3, -0.25) is 4.79 Å². The van der Waals surface area contributed by atoms with E-state index in [1.807, 2.05) is 42.6 Å². The summed E-state index contributed by atoms with van der Waals surface area (Å²) in [4.78, 5) is 13.3. The standard InChI is InChI=1S/C17H18N2OS/c1-2-13-6-3-4-8-15(13)17(20)19-12-16-14(7-5-10-18)9-11-21-16/h3-4,6,8-9,11H,2,10,12,18H2,1H3,(H,19,20). The second-order valence-corrected chi connectivity index (χ2v) is 5.46. The van der Waals surface area contributed by atoms with Crippen LogP contribution in [0.25, 0.3) is 0 Å². The predicted octanol–water partition coefficient (Wildman–Crippen LogP) is 2.55. The first-order valence-electron chi connectivity index (χ1n) is 6.87. The van der Waals surface area contributed by atoms with Gasteiger partial charge in [-0.25, -0.2) is 0 Å². The highest BCUT2D eigenvalue weighted by Gasteiger charge is 2.10. The van der Waals surface area contributed by atoms with Crippen molar-refractivity contribution in [3.8, 4) is 11.8 Å². The maximum Gasteiger partial charge on any atom is 0.251 e. The van der Waals surface area contributed by atoms with E-state index >= 15 is 0 Å². The van der Waals surface area contributed by atoms with E-state index in [0.717, 1.165) is 28.0 Å². The number of thiophene rings is 1. The first-order valence-corrected chi connectivity index (χ1v) is 7.75. The van der Waals surface area contributed by atoms with Crippen LogP contribution in [0, 0.1) is 11.8 Å². The molecule has 0 aliphatic rings. The van der Waals surface area contributed by atoms with Gasteiger partial charge in [0.05, 0.1) is 13.1 Å². The fraction of sp³-hybridized carbons (Fsp3) is 0.235. The van der Waals surface area contributed by atoms with Gasteiger partial charge in [-0.2, -0.15) is 0 Å². The lowest BCUT2D eigenvalue weighted by Gasteiger charge is -2.08. The molecule has 4 heteroatoms. The van der Waals surface area contributed by atoms with Crippen molar-refractivity contribution in [1.82, 2.24) is 5.32 Å². The van der Waals surface area contributed by atoms with Crippen LogP contribution < -0.4 is 11.1 Å². The van der Waals surface area contributed by atoms with Crippen molar-refractivity contribution in [1.29, 1.82) is 0 Å². The van der Waals surface area contributed by atoms with Gasteiger partial charge in [0.25, 0.3) is 5.91 Å². The number of hydrogen-bond acceptors (Lipinski definition) is 3. The van der Waals surface area contributed by atoms with Gasteiger partial charge in [-0.1, -0.05) is 37.0 Å².